The molecule has 0 radical (unpaired) electrons. The van der Waals surface area contributed by atoms with Crippen LogP contribution in [0.25, 0.3) is 0 Å². The minimum Gasteiger partial charge on any atom is -0.550 e. The van der Waals surface area contributed by atoms with Crippen molar-refractivity contribution in [3.63, 3.8) is 0 Å². The third kappa shape index (κ3) is 4.72. The number of carbonyl (C=O) groups excluding carboxylic acids is 1. The number of benzene rings is 1. The Balaban J connectivity index is 2.22. The zero-order valence-electron chi connectivity index (χ0n) is 15.1. The number of hydrogen-bond acceptors (Lipinski definition) is 6. The zero-order chi connectivity index (χ0) is 19.5. The molecule has 26 heavy (non-hydrogen) atoms. The van der Waals surface area contributed by atoms with Crippen molar-refractivity contribution >= 4 is 21.7 Å². The van der Waals surface area contributed by atoms with Crippen LogP contribution in [-0.4, -0.2) is 20.1 Å². The molecule has 0 fully saturated rings. The van der Waals surface area contributed by atoms with Crippen LogP contribution in [0.1, 0.15) is 41.6 Å². The van der Waals surface area contributed by atoms with Crippen LogP contribution < -0.4 is 9.94 Å². The van der Waals surface area contributed by atoms with Crippen molar-refractivity contribution in [2.75, 3.05) is 0 Å². The Morgan fingerprint density at radius 3 is 2.58 bits per heavy atom. The number of hydrogen-bond donors (Lipinski definition) is 1. The number of nitrogens with zero attached hydrogens (tertiary/aromatic N) is 1. The van der Waals surface area contributed by atoms with E-state index in [1.165, 1.54) is 0 Å². The third-order valence-corrected chi connectivity index (χ3v) is 5.25. The molecule has 1 aromatic heterocycles. The Kier molecular flexibility index (Phi) is 5.86. The molecule has 0 unspecified atom stereocenters. The molecule has 1 heterocycles. The molecule has 0 aliphatic rings. The number of sulfonamides is 1. The van der Waals surface area contributed by atoms with Gasteiger partial charge in [-0.3, -0.25) is 0 Å². The van der Waals surface area contributed by atoms with Gasteiger partial charge in [0.05, 0.1) is 10.6 Å². The summed E-state index contributed by atoms with van der Waals surface area (Å²) in [6, 6.07) is 6.82. The Bertz CT molecular complexity index is 958. The van der Waals surface area contributed by atoms with Gasteiger partial charge in [-0.2, -0.15) is 18.4 Å². The normalized spacial score (nSPS) is 12.2. The molecule has 140 valence electrons. The minimum atomic E-state index is -3.80. The van der Waals surface area contributed by atoms with Gasteiger partial charge in [-0.05, 0) is 57.4 Å². The van der Waals surface area contributed by atoms with E-state index < -0.39 is 16.0 Å². The van der Waals surface area contributed by atoms with Crippen LogP contribution in [0, 0.1) is 20.8 Å². The lowest BCUT2D eigenvalue weighted by Crippen LogP contribution is -2.22. The van der Waals surface area contributed by atoms with E-state index in [1.807, 2.05) is 13.0 Å². The average Bonchev–Trinajstić information content (AvgIpc) is 2.94. The summed E-state index contributed by atoms with van der Waals surface area (Å²) in [6.07, 6.45) is 0.0481. The van der Waals surface area contributed by atoms with Crippen molar-refractivity contribution < 1.29 is 22.7 Å². The smallest absolute Gasteiger partial charge is 0.276 e. The Morgan fingerprint density at radius 1 is 1.23 bits per heavy atom. The summed E-state index contributed by atoms with van der Waals surface area (Å²) in [4.78, 5) is 13.0. The first-order chi connectivity index (χ1) is 12.1. The summed E-state index contributed by atoms with van der Waals surface area (Å²) in [6.45, 7) is 6.88. The third-order valence-electron chi connectivity index (χ3n) is 3.90. The highest BCUT2D eigenvalue weighted by atomic mass is 32.2. The molecule has 0 atom stereocenters. The predicted octanol–water partition coefficient (Wildman–Crippen LogP) is 1.59. The van der Waals surface area contributed by atoms with E-state index in [4.69, 9.17) is 4.42 Å². The van der Waals surface area contributed by atoms with Gasteiger partial charge in [0, 0.05) is 18.0 Å². The maximum absolute atomic E-state index is 12.5. The van der Waals surface area contributed by atoms with Crippen LogP contribution in [0.5, 0.6) is 0 Å². The van der Waals surface area contributed by atoms with E-state index >= 15 is 0 Å². The molecule has 2 aromatic rings. The lowest BCUT2D eigenvalue weighted by molar-refractivity contribution is -0.305. The fourth-order valence-electron chi connectivity index (χ4n) is 2.49. The van der Waals surface area contributed by atoms with Gasteiger partial charge in [0.2, 0.25) is 0 Å². The standard InChI is InChI=1S/C18H22N2O5S/c1-11-5-6-12(2)17(9-11)26(23,24)20-19-13(3)16-10-15(25-14(16)4)7-8-18(21)22/h5-6,9-10,20H,7-8H2,1-4H3,(H,21,22)/p-1/b19-13-. The summed E-state index contributed by atoms with van der Waals surface area (Å²) >= 11 is 0. The first-order valence-corrected chi connectivity index (χ1v) is 9.51. The van der Waals surface area contributed by atoms with Gasteiger partial charge >= 0.3 is 0 Å². The van der Waals surface area contributed by atoms with E-state index in [0.717, 1.165) is 5.56 Å². The topological polar surface area (TPSA) is 112 Å². The monoisotopic (exact) mass is 377 g/mol. The van der Waals surface area contributed by atoms with Crippen molar-refractivity contribution in [3.05, 3.63) is 52.5 Å². The number of carbonyl (C=O) groups is 1. The molecule has 0 saturated carbocycles. The summed E-state index contributed by atoms with van der Waals surface area (Å²) in [5, 5.41) is 14.5. The van der Waals surface area contributed by atoms with E-state index in [0.29, 0.717) is 28.4 Å². The van der Waals surface area contributed by atoms with Crippen molar-refractivity contribution in [3.8, 4) is 0 Å². The number of rotatable bonds is 7. The molecule has 1 aromatic carbocycles. The number of carboxylic acid groups (broad SMARTS) is 1. The minimum absolute atomic E-state index is 0.151. The van der Waals surface area contributed by atoms with Gasteiger partial charge in [0.1, 0.15) is 11.5 Å². The molecule has 0 amide bonds. The largest absolute Gasteiger partial charge is 0.550 e. The maximum Gasteiger partial charge on any atom is 0.276 e. The summed E-state index contributed by atoms with van der Waals surface area (Å²) in [5.41, 5.74) is 2.49. The van der Waals surface area contributed by atoms with E-state index in [2.05, 4.69) is 9.93 Å². The predicted molar refractivity (Wildman–Crippen MR) is 95.2 cm³/mol. The molecular weight excluding hydrogens is 356 g/mol. The highest BCUT2D eigenvalue weighted by molar-refractivity contribution is 7.89. The number of nitrogens with one attached hydrogen (secondary N) is 1. The Labute approximate surface area is 152 Å². The van der Waals surface area contributed by atoms with Crippen LogP contribution in [0.15, 0.2) is 38.7 Å². The van der Waals surface area contributed by atoms with Crippen LogP contribution >= 0.6 is 0 Å². The molecule has 7 nitrogen and oxygen atoms in total. The highest BCUT2D eigenvalue weighted by Crippen LogP contribution is 2.19. The molecule has 0 spiro atoms. The fourth-order valence-corrected chi connectivity index (χ4v) is 3.67. The molecule has 1 N–H and O–H groups in total. The molecule has 0 aliphatic heterocycles. The van der Waals surface area contributed by atoms with Gasteiger partial charge < -0.3 is 14.3 Å². The number of carboxylic acids is 1. The molecule has 8 heteroatoms. The Hall–Kier alpha value is -2.61. The van der Waals surface area contributed by atoms with Gasteiger partial charge in [0.25, 0.3) is 10.0 Å². The van der Waals surface area contributed by atoms with Gasteiger partial charge in [-0.15, -0.1) is 0 Å². The summed E-state index contributed by atoms with van der Waals surface area (Å²) < 4.78 is 30.5. The van der Waals surface area contributed by atoms with E-state index in [-0.39, 0.29) is 17.7 Å². The van der Waals surface area contributed by atoms with E-state index in [1.54, 1.807) is 39.0 Å². The second-order valence-corrected chi connectivity index (χ2v) is 7.74. The maximum atomic E-state index is 12.5. The Morgan fingerprint density at radius 2 is 1.92 bits per heavy atom. The first kappa shape index (κ1) is 19.7. The quantitative estimate of drug-likeness (QED) is 0.582. The molecule has 0 bridgehead atoms. The SMILES string of the molecule is C/C(=N/NS(=O)(=O)c1cc(C)ccc1C)c1cc(CCC(=O)[O-])oc1C. The van der Waals surface area contributed by atoms with Crippen molar-refractivity contribution in [2.45, 2.75) is 45.4 Å². The van der Waals surface area contributed by atoms with E-state index in [9.17, 15) is 18.3 Å². The number of furan rings is 1. The lowest BCUT2D eigenvalue weighted by Gasteiger charge is -2.08. The van der Waals surface area contributed by atoms with Gasteiger partial charge in [0.15, 0.2) is 0 Å². The molecule has 2 rings (SSSR count). The number of aryl methyl sites for hydroxylation is 4. The fraction of sp³-hybridized carbons (Fsp3) is 0.333. The number of aliphatic carboxylic acids is 1. The van der Waals surface area contributed by atoms with Crippen LogP contribution in [0.4, 0.5) is 0 Å². The zero-order valence-corrected chi connectivity index (χ0v) is 15.9. The molecule has 0 aliphatic carbocycles. The lowest BCUT2D eigenvalue weighted by atomic mass is 10.1. The van der Waals surface area contributed by atoms with Gasteiger partial charge in [-0.1, -0.05) is 12.1 Å². The second-order valence-electron chi connectivity index (χ2n) is 6.12. The van der Waals surface area contributed by atoms with Gasteiger partial charge in [-0.25, -0.2) is 0 Å². The highest BCUT2D eigenvalue weighted by Gasteiger charge is 2.17. The summed E-state index contributed by atoms with van der Waals surface area (Å²) in [5.74, 6) is -0.147. The van der Waals surface area contributed by atoms with Crippen LogP contribution in [-0.2, 0) is 21.2 Å². The van der Waals surface area contributed by atoms with Crippen LogP contribution in [0.3, 0.4) is 0 Å². The molecule has 0 saturated heterocycles. The van der Waals surface area contributed by atoms with Crippen molar-refractivity contribution in [1.82, 2.24) is 4.83 Å². The second kappa shape index (κ2) is 7.74. The summed E-state index contributed by atoms with van der Waals surface area (Å²) in [7, 11) is -3.80. The van der Waals surface area contributed by atoms with Crippen molar-refractivity contribution in [1.29, 1.82) is 0 Å². The van der Waals surface area contributed by atoms with Crippen LogP contribution in [0.2, 0.25) is 0 Å². The number of hydrazone groups is 1. The average molecular weight is 377 g/mol. The molecular formula is C18H21N2O5S-. The van der Waals surface area contributed by atoms with Crippen molar-refractivity contribution in [2.24, 2.45) is 5.10 Å². The first-order valence-electron chi connectivity index (χ1n) is 8.03.